The van der Waals surface area contributed by atoms with Gasteiger partial charge in [0.05, 0.1) is 14.4 Å². The van der Waals surface area contributed by atoms with E-state index in [4.69, 9.17) is 5.26 Å². The van der Waals surface area contributed by atoms with Crippen LogP contribution < -0.4 is 0 Å². The third-order valence-electron chi connectivity index (χ3n) is 1.43. The molecule has 0 spiro atoms. The van der Waals surface area contributed by atoms with Crippen molar-refractivity contribution in [2.45, 2.75) is 0 Å². The second kappa shape index (κ2) is 3.58. The molecule has 0 saturated carbocycles. The van der Waals surface area contributed by atoms with E-state index >= 15 is 0 Å². The molecule has 0 aliphatic rings. The van der Waals surface area contributed by atoms with E-state index in [1.807, 2.05) is 23.6 Å². The number of halogens is 1. The van der Waals surface area contributed by atoms with Crippen molar-refractivity contribution < 1.29 is 0 Å². The highest BCUT2D eigenvalue weighted by Gasteiger charge is 2.05. The predicted molar refractivity (Wildman–Crippen MR) is 57.8 cm³/mol. The van der Waals surface area contributed by atoms with Gasteiger partial charge >= 0.3 is 0 Å². The van der Waals surface area contributed by atoms with Gasteiger partial charge in [0, 0.05) is 5.38 Å². The van der Waals surface area contributed by atoms with Gasteiger partial charge in [-0.1, -0.05) is 0 Å². The predicted octanol–water partition coefficient (Wildman–Crippen LogP) is 3.51. The van der Waals surface area contributed by atoms with Gasteiger partial charge in [0.25, 0.3) is 0 Å². The van der Waals surface area contributed by atoms with Crippen LogP contribution in [0.4, 0.5) is 0 Å². The van der Waals surface area contributed by atoms with Crippen LogP contribution >= 0.6 is 38.6 Å². The van der Waals surface area contributed by atoms with Crippen molar-refractivity contribution in [1.29, 1.82) is 5.26 Å². The Morgan fingerprint density at radius 3 is 2.85 bits per heavy atom. The molecule has 0 N–H and O–H groups in total. The molecule has 0 fully saturated rings. The number of rotatable bonds is 1. The molecule has 0 radical (unpaired) electrons. The highest BCUT2D eigenvalue weighted by molar-refractivity contribution is 9.11. The Hall–Kier alpha value is -0.700. The molecule has 2 aromatic heterocycles. The number of hydrogen-bond donors (Lipinski definition) is 0. The smallest absolute Gasteiger partial charge is 0.194 e. The molecule has 64 valence electrons. The van der Waals surface area contributed by atoms with Gasteiger partial charge in [-0.3, -0.25) is 0 Å². The lowest BCUT2D eigenvalue weighted by molar-refractivity contribution is 1.36. The van der Waals surface area contributed by atoms with Crippen LogP contribution in [0.15, 0.2) is 21.3 Å². The first-order valence-electron chi connectivity index (χ1n) is 3.41. The summed E-state index contributed by atoms with van der Waals surface area (Å²) in [6, 6.07) is 5.99. The van der Waals surface area contributed by atoms with E-state index in [9.17, 15) is 0 Å². The van der Waals surface area contributed by atoms with Crippen LogP contribution in [-0.4, -0.2) is 4.98 Å². The molecule has 2 nitrogen and oxygen atoms in total. The Morgan fingerprint density at radius 2 is 2.31 bits per heavy atom. The van der Waals surface area contributed by atoms with Gasteiger partial charge in [0.1, 0.15) is 6.07 Å². The molecule has 2 rings (SSSR count). The maximum atomic E-state index is 8.60. The van der Waals surface area contributed by atoms with Crippen LogP contribution in [-0.2, 0) is 0 Å². The van der Waals surface area contributed by atoms with Gasteiger partial charge in [-0.25, -0.2) is 4.98 Å². The Labute approximate surface area is 91.6 Å². The lowest BCUT2D eigenvalue weighted by Crippen LogP contribution is -1.71. The summed E-state index contributed by atoms with van der Waals surface area (Å²) in [4.78, 5) is 5.25. The van der Waals surface area contributed by atoms with Crippen molar-refractivity contribution in [1.82, 2.24) is 4.98 Å². The van der Waals surface area contributed by atoms with Crippen LogP contribution in [0.3, 0.4) is 0 Å². The minimum Gasteiger partial charge on any atom is -0.225 e. The van der Waals surface area contributed by atoms with Gasteiger partial charge in [0.15, 0.2) is 5.01 Å². The lowest BCUT2D eigenvalue weighted by Gasteiger charge is -1.85. The number of aromatic nitrogens is 1. The Bertz CT molecular complexity index is 466. The minimum absolute atomic E-state index is 0.513. The van der Waals surface area contributed by atoms with Crippen LogP contribution in [0.2, 0.25) is 0 Å². The number of thiazole rings is 1. The Balaban J connectivity index is 2.42. The number of thiophene rings is 1. The van der Waals surface area contributed by atoms with Crippen molar-refractivity contribution in [2.24, 2.45) is 0 Å². The standard InChI is InChI=1S/C8H3BrN2S2/c9-7-2-1-6(13-7)5-4-12-8(3-10)11-5/h1-2,4H. The van der Waals surface area contributed by atoms with Gasteiger partial charge in [-0.05, 0) is 28.1 Å². The number of nitriles is 1. The second-order valence-electron chi connectivity index (χ2n) is 2.25. The maximum Gasteiger partial charge on any atom is 0.194 e. The van der Waals surface area contributed by atoms with E-state index in [2.05, 4.69) is 20.9 Å². The van der Waals surface area contributed by atoms with E-state index in [0.717, 1.165) is 14.4 Å². The van der Waals surface area contributed by atoms with Gasteiger partial charge in [-0.15, -0.1) is 22.7 Å². The summed E-state index contributed by atoms with van der Waals surface area (Å²) >= 11 is 6.37. The van der Waals surface area contributed by atoms with Crippen molar-refractivity contribution in [2.75, 3.05) is 0 Å². The third-order valence-corrected chi connectivity index (χ3v) is 3.82. The molecular weight excluding hydrogens is 268 g/mol. The molecular formula is C8H3BrN2S2. The van der Waals surface area contributed by atoms with Crippen LogP contribution in [0, 0.1) is 11.3 Å². The largest absolute Gasteiger partial charge is 0.225 e. The van der Waals surface area contributed by atoms with Crippen molar-refractivity contribution in [3.05, 3.63) is 26.3 Å². The summed E-state index contributed by atoms with van der Waals surface area (Å²) in [5.74, 6) is 0. The van der Waals surface area contributed by atoms with Crippen molar-refractivity contribution >= 4 is 38.6 Å². The van der Waals surface area contributed by atoms with Gasteiger partial charge in [0.2, 0.25) is 0 Å². The van der Waals surface area contributed by atoms with Crippen LogP contribution in [0.5, 0.6) is 0 Å². The molecule has 0 unspecified atom stereocenters. The van der Waals surface area contributed by atoms with Crippen LogP contribution in [0.1, 0.15) is 5.01 Å². The average molecular weight is 271 g/mol. The molecule has 0 amide bonds. The summed E-state index contributed by atoms with van der Waals surface area (Å²) in [6.45, 7) is 0. The van der Waals surface area contributed by atoms with Crippen molar-refractivity contribution in [3.63, 3.8) is 0 Å². The Morgan fingerprint density at radius 1 is 1.46 bits per heavy atom. The molecule has 2 aromatic rings. The molecule has 2 heterocycles. The fourth-order valence-corrected chi connectivity index (χ4v) is 2.92. The summed E-state index contributed by atoms with van der Waals surface area (Å²) in [5, 5.41) is 11.0. The Kier molecular flexibility index (Phi) is 2.44. The first-order valence-corrected chi connectivity index (χ1v) is 5.90. The van der Waals surface area contributed by atoms with E-state index in [1.54, 1.807) is 11.3 Å². The molecule has 0 bridgehead atoms. The quantitative estimate of drug-likeness (QED) is 0.795. The summed E-state index contributed by atoms with van der Waals surface area (Å²) in [5.41, 5.74) is 0.886. The molecule has 13 heavy (non-hydrogen) atoms. The van der Waals surface area contributed by atoms with E-state index in [0.29, 0.717) is 5.01 Å². The molecule has 5 heteroatoms. The van der Waals surface area contributed by atoms with Gasteiger partial charge in [-0.2, -0.15) is 5.26 Å². The number of hydrogen-bond acceptors (Lipinski definition) is 4. The normalized spacial score (nSPS) is 9.85. The van der Waals surface area contributed by atoms with Crippen LogP contribution in [0.25, 0.3) is 10.6 Å². The maximum absolute atomic E-state index is 8.60. The number of nitrogens with zero attached hydrogens (tertiary/aromatic N) is 2. The minimum atomic E-state index is 0.513. The molecule has 0 aromatic carbocycles. The van der Waals surface area contributed by atoms with Crippen molar-refractivity contribution in [3.8, 4) is 16.6 Å². The summed E-state index contributed by atoms with van der Waals surface area (Å²) in [6.07, 6.45) is 0. The molecule has 0 aliphatic carbocycles. The lowest BCUT2D eigenvalue weighted by atomic mass is 10.4. The highest BCUT2D eigenvalue weighted by Crippen LogP contribution is 2.31. The SMILES string of the molecule is N#Cc1nc(-c2ccc(Br)s2)cs1. The zero-order valence-electron chi connectivity index (χ0n) is 6.32. The monoisotopic (exact) mass is 270 g/mol. The zero-order chi connectivity index (χ0) is 9.26. The first kappa shape index (κ1) is 8.88. The van der Waals surface area contributed by atoms with E-state index in [1.165, 1.54) is 11.3 Å². The third kappa shape index (κ3) is 1.80. The molecule has 0 aliphatic heterocycles. The zero-order valence-corrected chi connectivity index (χ0v) is 9.54. The fourth-order valence-electron chi connectivity index (χ4n) is 0.890. The fraction of sp³-hybridized carbons (Fsp3) is 0. The molecule has 0 atom stereocenters. The average Bonchev–Trinajstić information content (AvgIpc) is 2.71. The first-order chi connectivity index (χ1) is 6.29. The van der Waals surface area contributed by atoms with Gasteiger partial charge < -0.3 is 0 Å². The summed E-state index contributed by atoms with van der Waals surface area (Å²) < 4.78 is 1.08. The highest BCUT2D eigenvalue weighted by atomic mass is 79.9. The summed E-state index contributed by atoms with van der Waals surface area (Å²) in [7, 11) is 0. The second-order valence-corrected chi connectivity index (χ2v) is 5.57. The van der Waals surface area contributed by atoms with E-state index in [-0.39, 0.29) is 0 Å². The molecule has 0 saturated heterocycles. The van der Waals surface area contributed by atoms with E-state index < -0.39 is 0 Å². The topological polar surface area (TPSA) is 36.7 Å².